The van der Waals surface area contributed by atoms with Gasteiger partial charge in [0.1, 0.15) is 0 Å². The number of benzene rings is 1. The molecule has 2 amide bonds. The standard InChI is InChI=1S/C14H17F3N2O2/c15-14(16,17)8-10-4-1-2-6-12(10)18-13(21)19-7-3-5-11(19)9-20/h1-2,4,6,11,20H,3,5,7-9H2,(H,18,21). The fourth-order valence-electron chi connectivity index (χ4n) is 2.49. The van der Waals surface area contributed by atoms with Crippen LogP contribution in [0.4, 0.5) is 23.7 Å². The van der Waals surface area contributed by atoms with Gasteiger partial charge in [0.15, 0.2) is 0 Å². The van der Waals surface area contributed by atoms with Gasteiger partial charge in [-0.3, -0.25) is 0 Å². The molecule has 1 heterocycles. The second-order valence-electron chi connectivity index (χ2n) is 5.05. The van der Waals surface area contributed by atoms with Crippen LogP contribution in [0.2, 0.25) is 0 Å². The summed E-state index contributed by atoms with van der Waals surface area (Å²) >= 11 is 0. The van der Waals surface area contributed by atoms with Gasteiger partial charge in [-0.25, -0.2) is 4.79 Å². The molecule has 7 heteroatoms. The number of anilines is 1. The number of likely N-dealkylation sites (tertiary alicyclic amines) is 1. The number of alkyl halides is 3. The lowest BCUT2D eigenvalue weighted by Gasteiger charge is -2.24. The molecule has 21 heavy (non-hydrogen) atoms. The van der Waals surface area contributed by atoms with E-state index in [0.717, 1.165) is 6.42 Å². The first-order valence-electron chi connectivity index (χ1n) is 6.74. The molecule has 0 spiro atoms. The molecular formula is C14H17F3N2O2. The zero-order valence-electron chi connectivity index (χ0n) is 11.4. The van der Waals surface area contributed by atoms with Gasteiger partial charge in [0, 0.05) is 12.2 Å². The number of para-hydroxylation sites is 1. The van der Waals surface area contributed by atoms with Gasteiger partial charge in [-0.2, -0.15) is 13.2 Å². The second-order valence-corrected chi connectivity index (χ2v) is 5.05. The van der Waals surface area contributed by atoms with Crippen molar-refractivity contribution < 1.29 is 23.1 Å². The molecule has 0 bridgehead atoms. The molecular weight excluding hydrogens is 285 g/mol. The summed E-state index contributed by atoms with van der Waals surface area (Å²) in [6.07, 6.45) is -3.94. The molecule has 1 saturated heterocycles. The van der Waals surface area contributed by atoms with Crippen LogP contribution in [0.3, 0.4) is 0 Å². The summed E-state index contributed by atoms with van der Waals surface area (Å²) in [5, 5.41) is 11.7. The Balaban J connectivity index is 2.10. The van der Waals surface area contributed by atoms with Crippen LogP contribution < -0.4 is 5.32 Å². The molecule has 1 aromatic rings. The molecule has 0 aromatic heterocycles. The van der Waals surface area contributed by atoms with Crippen LogP contribution in [0.5, 0.6) is 0 Å². The number of amides is 2. The third-order valence-electron chi connectivity index (χ3n) is 3.50. The number of nitrogens with zero attached hydrogens (tertiary/aromatic N) is 1. The number of rotatable bonds is 3. The number of aliphatic hydroxyl groups is 1. The van der Waals surface area contributed by atoms with Gasteiger partial charge >= 0.3 is 12.2 Å². The maximum Gasteiger partial charge on any atom is 0.393 e. The smallest absolute Gasteiger partial charge is 0.393 e. The maximum atomic E-state index is 12.5. The second kappa shape index (κ2) is 6.34. The first-order chi connectivity index (χ1) is 9.90. The first-order valence-corrected chi connectivity index (χ1v) is 6.74. The molecule has 0 radical (unpaired) electrons. The zero-order chi connectivity index (χ0) is 15.5. The lowest BCUT2D eigenvalue weighted by atomic mass is 10.1. The summed E-state index contributed by atoms with van der Waals surface area (Å²) in [5.41, 5.74) is 0.182. The highest BCUT2D eigenvalue weighted by Crippen LogP contribution is 2.27. The van der Waals surface area contributed by atoms with E-state index in [1.54, 1.807) is 6.07 Å². The number of aliphatic hydroxyl groups excluding tert-OH is 1. The molecule has 1 fully saturated rings. The van der Waals surface area contributed by atoms with E-state index in [0.29, 0.717) is 13.0 Å². The summed E-state index contributed by atoms with van der Waals surface area (Å²) in [5.74, 6) is 0. The van der Waals surface area contributed by atoms with Crippen molar-refractivity contribution in [2.75, 3.05) is 18.5 Å². The summed E-state index contributed by atoms with van der Waals surface area (Å²) in [6.45, 7) is 0.357. The van der Waals surface area contributed by atoms with Gasteiger partial charge in [-0.15, -0.1) is 0 Å². The fraction of sp³-hybridized carbons (Fsp3) is 0.500. The predicted octanol–water partition coefficient (Wildman–Crippen LogP) is 2.78. The van der Waals surface area contributed by atoms with Gasteiger partial charge in [0.25, 0.3) is 0 Å². The van der Waals surface area contributed by atoms with Crippen LogP contribution in [-0.2, 0) is 6.42 Å². The van der Waals surface area contributed by atoms with Gasteiger partial charge in [-0.1, -0.05) is 18.2 Å². The number of halogens is 3. The number of urea groups is 1. The van der Waals surface area contributed by atoms with Gasteiger partial charge in [-0.05, 0) is 24.5 Å². The molecule has 116 valence electrons. The number of carbonyl (C=O) groups excluding carboxylic acids is 1. The molecule has 0 aliphatic carbocycles. The normalized spacial score (nSPS) is 18.9. The molecule has 4 nitrogen and oxygen atoms in total. The lowest BCUT2D eigenvalue weighted by Crippen LogP contribution is -2.40. The molecule has 0 saturated carbocycles. The molecule has 1 aliphatic heterocycles. The third-order valence-corrected chi connectivity index (χ3v) is 3.50. The highest BCUT2D eigenvalue weighted by Gasteiger charge is 2.31. The molecule has 1 atom stereocenters. The van der Waals surface area contributed by atoms with E-state index in [1.807, 2.05) is 0 Å². The SMILES string of the molecule is O=C(Nc1ccccc1CC(F)(F)F)N1CCCC1CO. The van der Waals surface area contributed by atoms with Crippen molar-refractivity contribution in [3.63, 3.8) is 0 Å². The van der Waals surface area contributed by atoms with Crippen molar-refractivity contribution in [3.05, 3.63) is 29.8 Å². The van der Waals surface area contributed by atoms with Crippen LogP contribution in [-0.4, -0.2) is 41.4 Å². The molecule has 1 aromatic carbocycles. The van der Waals surface area contributed by atoms with Gasteiger partial charge < -0.3 is 15.3 Å². The van der Waals surface area contributed by atoms with Crippen molar-refractivity contribution in [2.24, 2.45) is 0 Å². The van der Waals surface area contributed by atoms with Crippen molar-refractivity contribution in [1.82, 2.24) is 4.90 Å². The van der Waals surface area contributed by atoms with Crippen molar-refractivity contribution >= 4 is 11.7 Å². The molecule has 1 aliphatic rings. The van der Waals surface area contributed by atoms with Crippen LogP contribution in [0.25, 0.3) is 0 Å². The highest BCUT2D eigenvalue weighted by molar-refractivity contribution is 5.90. The number of nitrogens with one attached hydrogen (secondary N) is 1. The maximum absolute atomic E-state index is 12.5. The molecule has 2 rings (SSSR count). The van der Waals surface area contributed by atoms with Gasteiger partial charge in [0.2, 0.25) is 0 Å². The highest BCUT2D eigenvalue weighted by atomic mass is 19.4. The minimum absolute atomic E-state index is 0.0260. The van der Waals surface area contributed by atoms with E-state index >= 15 is 0 Å². The average molecular weight is 302 g/mol. The largest absolute Gasteiger partial charge is 0.394 e. The van der Waals surface area contributed by atoms with Crippen molar-refractivity contribution in [3.8, 4) is 0 Å². The summed E-state index contributed by atoms with van der Waals surface area (Å²) < 4.78 is 37.6. The van der Waals surface area contributed by atoms with Crippen LogP contribution in [0, 0.1) is 0 Å². The topological polar surface area (TPSA) is 52.6 Å². The van der Waals surface area contributed by atoms with E-state index in [4.69, 9.17) is 0 Å². The Morgan fingerprint density at radius 3 is 2.76 bits per heavy atom. The number of hydrogen-bond acceptors (Lipinski definition) is 2. The Bertz CT molecular complexity index is 505. The van der Waals surface area contributed by atoms with E-state index in [9.17, 15) is 23.1 Å². The quantitative estimate of drug-likeness (QED) is 0.902. The van der Waals surface area contributed by atoms with E-state index in [1.165, 1.54) is 23.1 Å². The summed E-state index contributed by atoms with van der Waals surface area (Å²) in [7, 11) is 0. The fourth-order valence-corrected chi connectivity index (χ4v) is 2.49. The summed E-state index contributed by atoms with van der Waals surface area (Å²) in [4.78, 5) is 13.6. The Labute approximate surface area is 120 Å². The van der Waals surface area contributed by atoms with Crippen LogP contribution in [0.1, 0.15) is 18.4 Å². The van der Waals surface area contributed by atoms with Crippen LogP contribution >= 0.6 is 0 Å². The number of hydrogen-bond donors (Lipinski definition) is 2. The Morgan fingerprint density at radius 1 is 1.38 bits per heavy atom. The third kappa shape index (κ3) is 4.10. The lowest BCUT2D eigenvalue weighted by molar-refractivity contribution is -0.127. The van der Waals surface area contributed by atoms with E-state index in [-0.39, 0.29) is 23.9 Å². The van der Waals surface area contributed by atoms with Crippen molar-refractivity contribution in [2.45, 2.75) is 31.5 Å². The summed E-state index contributed by atoms with van der Waals surface area (Å²) in [6, 6.07) is 5.13. The van der Waals surface area contributed by atoms with Crippen LogP contribution in [0.15, 0.2) is 24.3 Å². The van der Waals surface area contributed by atoms with E-state index in [2.05, 4.69) is 5.32 Å². The number of carbonyl (C=O) groups is 1. The Kier molecular flexibility index (Phi) is 4.72. The average Bonchev–Trinajstić information content (AvgIpc) is 2.87. The minimum atomic E-state index is -4.33. The first kappa shape index (κ1) is 15.6. The van der Waals surface area contributed by atoms with Crippen molar-refractivity contribution in [1.29, 1.82) is 0 Å². The minimum Gasteiger partial charge on any atom is -0.394 e. The Morgan fingerprint density at radius 2 is 2.10 bits per heavy atom. The Hall–Kier alpha value is -1.76. The van der Waals surface area contributed by atoms with E-state index < -0.39 is 18.6 Å². The molecule has 1 unspecified atom stereocenters. The van der Waals surface area contributed by atoms with Gasteiger partial charge in [0.05, 0.1) is 19.1 Å². The molecule has 2 N–H and O–H groups in total. The monoisotopic (exact) mass is 302 g/mol. The zero-order valence-corrected chi connectivity index (χ0v) is 11.4. The predicted molar refractivity (Wildman–Crippen MR) is 72.0 cm³/mol.